The number of rotatable bonds is 2. The van der Waals surface area contributed by atoms with Crippen LogP contribution in [-0.2, 0) is 19.6 Å². The fraction of sp³-hybridized carbons (Fsp3) is 0.438. The SMILES string of the molecule is Cl.Cn1c(=O)c2cc(-c3nc(C4(N)CCCC4)no3)cnc2n(C)c1=O. The van der Waals surface area contributed by atoms with Gasteiger partial charge in [0.1, 0.15) is 5.65 Å². The Hall–Kier alpha value is -2.52. The largest absolute Gasteiger partial charge is 0.334 e. The van der Waals surface area contributed by atoms with E-state index in [-0.39, 0.29) is 18.3 Å². The first-order chi connectivity index (χ1) is 11.9. The van der Waals surface area contributed by atoms with Crippen molar-refractivity contribution in [2.24, 2.45) is 19.8 Å². The summed E-state index contributed by atoms with van der Waals surface area (Å²) in [4.78, 5) is 33.0. The highest BCUT2D eigenvalue weighted by atomic mass is 35.5. The number of aromatic nitrogens is 5. The fourth-order valence-electron chi connectivity index (χ4n) is 3.35. The van der Waals surface area contributed by atoms with Crippen molar-refractivity contribution in [3.63, 3.8) is 0 Å². The van der Waals surface area contributed by atoms with Gasteiger partial charge in [-0.15, -0.1) is 12.4 Å². The molecule has 4 rings (SSSR count). The van der Waals surface area contributed by atoms with Gasteiger partial charge >= 0.3 is 5.69 Å². The molecule has 0 unspecified atom stereocenters. The zero-order valence-corrected chi connectivity index (χ0v) is 15.2. The second-order valence-electron chi connectivity index (χ2n) is 6.59. The molecule has 10 heteroatoms. The molecule has 3 aromatic rings. The van der Waals surface area contributed by atoms with Crippen LogP contribution in [0.1, 0.15) is 31.5 Å². The van der Waals surface area contributed by atoms with Crippen LogP contribution in [0.5, 0.6) is 0 Å². The molecule has 3 heterocycles. The number of halogens is 1. The van der Waals surface area contributed by atoms with Gasteiger partial charge in [-0.05, 0) is 18.9 Å². The molecule has 26 heavy (non-hydrogen) atoms. The Bertz CT molecular complexity index is 1090. The summed E-state index contributed by atoms with van der Waals surface area (Å²) in [5, 5.41) is 4.33. The van der Waals surface area contributed by atoms with Crippen LogP contribution < -0.4 is 17.0 Å². The maximum absolute atomic E-state index is 12.4. The summed E-state index contributed by atoms with van der Waals surface area (Å²) in [5.41, 5.74) is 5.78. The summed E-state index contributed by atoms with van der Waals surface area (Å²) in [6.45, 7) is 0. The number of aryl methyl sites for hydroxylation is 1. The van der Waals surface area contributed by atoms with Crippen molar-refractivity contribution in [3.05, 3.63) is 38.9 Å². The molecule has 0 radical (unpaired) electrons. The Morgan fingerprint density at radius 2 is 1.88 bits per heavy atom. The maximum Gasteiger partial charge on any atom is 0.332 e. The predicted octanol–water partition coefficient (Wildman–Crippen LogP) is 0.832. The Balaban J connectivity index is 0.00000196. The van der Waals surface area contributed by atoms with Crippen LogP contribution in [0.4, 0.5) is 0 Å². The Labute approximate surface area is 154 Å². The van der Waals surface area contributed by atoms with Crippen molar-refractivity contribution in [2.75, 3.05) is 0 Å². The van der Waals surface area contributed by atoms with E-state index in [4.69, 9.17) is 10.3 Å². The van der Waals surface area contributed by atoms with E-state index in [1.165, 1.54) is 17.8 Å². The molecule has 0 atom stereocenters. The van der Waals surface area contributed by atoms with Crippen molar-refractivity contribution >= 4 is 23.4 Å². The van der Waals surface area contributed by atoms with E-state index in [2.05, 4.69) is 15.1 Å². The van der Waals surface area contributed by atoms with E-state index in [0.29, 0.717) is 22.4 Å². The molecule has 0 aliphatic heterocycles. The van der Waals surface area contributed by atoms with Crippen LogP contribution in [-0.4, -0.2) is 24.3 Å². The molecule has 1 saturated carbocycles. The Morgan fingerprint density at radius 3 is 2.58 bits per heavy atom. The third kappa shape index (κ3) is 2.63. The van der Waals surface area contributed by atoms with Gasteiger partial charge in [-0.3, -0.25) is 13.9 Å². The first-order valence-electron chi connectivity index (χ1n) is 8.10. The molecule has 9 nitrogen and oxygen atoms in total. The van der Waals surface area contributed by atoms with Crippen molar-refractivity contribution in [1.29, 1.82) is 0 Å². The normalized spacial score (nSPS) is 16.0. The van der Waals surface area contributed by atoms with Crippen LogP contribution in [0.15, 0.2) is 26.4 Å². The molecule has 2 N–H and O–H groups in total. The lowest BCUT2D eigenvalue weighted by Crippen LogP contribution is -2.37. The Morgan fingerprint density at radius 1 is 1.19 bits per heavy atom. The highest BCUT2D eigenvalue weighted by Crippen LogP contribution is 2.35. The van der Waals surface area contributed by atoms with E-state index >= 15 is 0 Å². The number of hydrogen-bond acceptors (Lipinski definition) is 7. The highest BCUT2D eigenvalue weighted by molar-refractivity contribution is 5.85. The molecule has 0 bridgehead atoms. The van der Waals surface area contributed by atoms with Gasteiger partial charge in [-0.25, -0.2) is 9.78 Å². The van der Waals surface area contributed by atoms with Crippen LogP contribution >= 0.6 is 12.4 Å². The molecule has 1 aliphatic carbocycles. The molecule has 138 valence electrons. The lowest BCUT2D eigenvalue weighted by atomic mass is 9.99. The van der Waals surface area contributed by atoms with Crippen molar-refractivity contribution < 1.29 is 4.52 Å². The first kappa shape index (κ1) is 18.3. The zero-order valence-electron chi connectivity index (χ0n) is 14.4. The number of hydrogen-bond donors (Lipinski definition) is 1. The van der Waals surface area contributed by atoms with Crippen LogP contribution in [0.25, 0.3) is 22.5 Å². The monoisotopic (exact) mass is 378 g/mol. The second kappa shape index (κ2) is 6.33. The quantitative estimate of drug-likeness (QED) is 0.700. The van der Waals surface area contributed by atoms with E-state index < -0.39 is 16.8 Å². The van der Waals surface area contributed by atoms with Crippen LogP contribution in [0, 0.1) is 0 Å². The van der Waals surface area contributed by atoms with Gasteiger partial charge < -0.3 is 10.3 Å². The first-order valence-corrected chi connectivity index (χ1v) is 8.10. The minimum atomic E-state index is -0.550. The molecule has 3 aromatic heterocycles. The molecular weight excluding hydrogens is 360 g/mol. The van der Waals surface area contributed by atoms with E-state index in [9.17, 15) is 9.59 Å². The molecule has 1 aliphatic rings. The van der Waals surface area contributed by atoms with Gasteiger partial charge in [0, 0.05) is 20.3 Å². The Kier molecular flexibility index (Phi) is 4.45. The third-order valence-electron chi connectivity index (χ3n) is 4.91. The van der Waals surface area contributed by atoms with Crippen molar-refractivity contribution in [3.8, 4) is 11.5 Å². The minimum absolute atomic E-state index is 0. The maximum atomic E-state index is 12.4. The van der Waals surface area contributed by atoms with Crippen LogP contribution in [0.2, 0.25) is 0 Å². The summed E-state index contributed by atoms with van der Waals surface area (Å²) in [6.07, 6.45) is 5.25. The topological polar surface area (TPSA) is 122 Å². The number of fused-ring (bicyclic) bond motifs is 1. The summed E-state index contributed by atoms with van der Waals surface area (Å²) in [6, 6.07) is 1.61. The molecule has 1 fully saturated rings. The molecule has 0 aromatic carbocycles. The molecule has 0 amide bonds. The van der Waals surface area contributed by atoms with E-state index in [1.54, 1.807) is 13.1 Å². The van der Waals surface area contributed by atoms with Crippen molar-refractivity contribution in [2.45, 2.75) is 31.2 Å². The smallest absolute Gasteiger partial charge is 0.332 e. The molecular formula is C16H19ClN6O3. The predicted molar refractivity (Wildman–Crippen MR) is 97.1 cm³/mol. The van der Waals surface area contributed by atoms with E-state index in [0.717, 1.165) is 30.3 Å². The van der Waals surface area contributed by atoms with Crippen LogP contribution in [0.3, 0.4) is 0 Å². The van der Waals surface area contributed by atoms with Gasteiger partial charge in [0.25, 0.3) is 11.4 Å². The number of nitrogens with two attached hydrogens (primary N) is 1. The fourth-order valence-corrected chi connectivity index (χ4v) is 3.35. The van der Waals surface area contributed by atoms with E-state index in [1.807, 2.05) is 0 Å². The lowest BCUT2D eigenvalue weighted by Gasteiger charge is -2.17. The van der Waals surface area contributed by atoms with Gasteiger partial charge in [0.15, 0.2) is 5.82 Å². The highest BCUT2D eigenvalue weighted by Gasteiger charge is 2.36. The summed E-state index contributed by atoms with van der Waals surface area (Å²) in [7, 11) is 3.00. The molecule has 0 spiro atoms. The van der Waals surface area contributed by atoms with Gasteiger partial charge in [-0.2, -0.15) is 4.98 Å². The number of pyridine rings is 1. The third-order valence-corrected chi connectivity index (χ3v) is 4.91. The number of nitrogens with zero attached hydrogens (tertiary/aromatic N) is 5. The molecule has 0 saturated heterocycles. The zero-order chi connectivity index (χ0) is 17.8. The average molecular weight is 379 g/mol. The van der Waals surface area contributed by atoms with Gasteiger partial charge in [-0.1, -0.05) is 18.0 Å². The minimum Gasteiger partial charge on any atom is -0.334 e. The lowest BCUT2D eigenvalue weighted by molar-refractivity contribution is 0.372. The summed E-state index contributed by atoms with van der Waals surface area (Å²) < 4.78 is 7.71. The van der Waals surface area contributed by atoms with Crippen molar-refractivity contribution in [1.82, 2.24) is 24.3 Å². The second-order valence-corrected chi connectivity index (χ2v) is 6.59. The summed E-state index contributed by atoms with van der Waals surface area (Å²) in [5.74, 6) is 0.741. The standard InChI is InChI=1S/C16H18N6O3.ClH/c1-21-11-10(13(23)22(2)15(21)24)7-9(8-18-11)12-19-14(20-25-12)16(17)5-3-4-6-16;/h7-8H,3-6,17H2,1-2H3;1H. The van der Waals surface area contributed by atoms with Gasteiger partial charge in [0.2, 0.25) is 0 Å². The average Bonchev–Trinajstić information content (AvgIpc) is 3.28. The summed E-state index contributed by atoms with van der Waals surface area (Å²) >= 11 is 0. The van der Waals surface area contributed by atoms with Gasteiger partial charge in [0.05, 0.1) is 16.5 Å².